The molecule has 1 heterocycles. The van der Waals surface area contributed by atoms with Crippen LogP contribution in [0.2, 0.25) is 7.35 Å². The average molecular weight is 854 g/mol. The Morgan fingerprint density at radius 2 is 0.959 bits per heavy atom. The van der Waals surface area contributed by atoms with Crippen LogP contribution in [0, 0.1) is 13.8 Å². The Hall–Kier alpha value is -2.19. The molecule has 1 saturated heterocycles. The molecule has 2 fully saturated rings. The minimum Gasteiger partial charge on any atom is -1.00 e. The van der Waals surface area contributed by atoms with Gasteiger partial charge in [0, 0.05) is 0 Å². The van der Waals surface area contributed by atoms with Crippen molar-refractivity contribution in [3.05, 3.63) is 129 Å². The summed E-state index contributed by atoms with van der Waals surface area (Å²) in [6.07, 6.45) is 19.1. The van der Waals surface area contributed by atoms with E-state index < -0.39 is 20.0 Å². The van der Waals surface area contributed by atoms with E-state index in [4.69, 9.17) is 0 Å². The standard InChI is InChI=1S/2C20H21.C6H10.2ClH.Hf/c2*1-3-4-6-16-13-18-7-5-8-19(20(18)14-16)17-11-9-15(2)10-12-17;1-2-4-6-5-3-1;;;/h2*5,7-14H,3-4,6H2,1-2H3;1-2H,3-6H2;2*1H;/q;;;;;+2/p-2. The molecule has 0 radical (unpaired) electrons. The maximum absolute atomic E-state index is 3.22. The molecule has 49 heavy (non-hydrogen) atoms. The fourth-order valence-corrected chi connectivity index (χ4v) is 45.9. The molecule has 0 N–H and O–H groups in total. The SMILES string of the molecule is CCCCC1=Cc2c(-c3ccc(C)cc3)cccc2[CH]1[Hf+2]1([CH]2C(CCCC)=Cc3c(-c4ccc(C)cc4)cccc32)[CH]2CCCC[CH]21.[Cl-].[Cl-]. The number of aryl methyl sites for hydroxylation is 2. The van der Waals surface area contributed by atoms with Crippen molar-refractivity contribution in [3.63, 3.8) is 0 Å². The van der Waals surface area contributed by atoms with Crippen LogP contribution in [0.3, 0.4) is 0 Å². The predicted octanol–water partition coefficient (Wildman–Crippen LogP) is 7.92. The van der Waals surface area contributed by atoms with Crippen molar-refractivity contribution < 1.29 is 44.8 Å². The number of rotatable bonds is 10. The molecule has 0 amide bonds. The van der Waals surface area contributed by atoms with Crippen LogP contribution in [0.15, 0.2) is 96.1 Å². The second-order valence-electron chi connectivity index (χ2n) is 15.4. The maximum atomic E-state index is 2.74. The third kappa shape index (κ3) is 6.23. The van der Waals surface area contributed by atoms with E-state index >= 15 is 0 Å². The van der Waals surface area contributed by atoms with Crippen LogP contribution in [0.4, 0.5) is 0 Å². The molecular formula is C46H52Cl2Hf. The normalized spacial score (nSPS) is 23.2. The van der Waals surface area contributed by atoms with Gasteiger partial charge in [-0.1, -0.05) is 0 Å². The Morgan fingerprint density at radius 3 is 1.35 bits per heavy atom. The quantitative estimate of drug-likeness (QED) is 0.142. The van der Waals surface area contributed by atoms with E-state index in [1.165, 1.54) is 97.6 Å². The molecule has 4 aromatic rings. The molecule has 0 aromatic heterocycles. The molecule has 8 rings (SSSR count). The Morgan fingerprint density at radius 1 is 0.551 bits per heavy atom. The molecule has 0 nitrogen and oxygen atoms in total. The van der Waals surface area contributed by atoms with Crippen LogP contribution in [0.1, 0.15) is 119 Å². The summed E-state index contributed by atoms with van der Waals surface area (Å²) < 4.78 is 3.52. The summed E-state index contributed by atoms with van der Waals surface area (Å²) in [6, 6.07) is 33.5. The third-order valence-corrected chi connectivity index (χ3v) is 37.5. The van der Waals surface area contributed by atoms with Crippen LogP contribution in [0.5, 0.6) is 0 Å². The van der Waals surface area contributed by atoms with Crippen molar-refractivity contribution in [1.29, 1.82) is 0 Å². The van der Waals surface area contributed by atoms with Gasteiger partial charge in [0.15, 0.2) is 0 Å². The van der Waals surface area contributed by atoms with Gasteiger partial charge in [-0.3, -0.25) is 0 Å². The van der Waals surface area contributed by atoms with Crippen molar-refractivity contribution in [2.75, 3.05) is 0 Å². The second kappa shape index (κ2) is 15.2. The minimum atomic E-state index is -3.22. The smallest absolute Gasteiger partial charge is 1.00 e. The first-order valence-electron chi connectivity index (χ1n) is 18.9. The van der Waals surface area contributed by atoms with Gasteiger partial charge in [0.1, 0.15) is 0 Å². The summed E-state index contributed by atoms with van der Waals surface area (Å²) >= 11 is -3.22. The Bertz CT molecular complexity index is 1710. The van der Waals surface area contributed by atoms with Crippen molar-refractivity contribution in [3.8, 4) is 22.3 Å². The van der Waals surface area contributed by atoms with E-state index in [0.717, 1.165) is 14.7 Å². The average Bonchev–Trinajstić information content (AvgIpc) is 3.37. The van der Waals surface area contributed by atoms with Gasteiger partial charge < -0.3 is 24.8 Å². The number of benzene rings is 4. The van der Waals surface area contributed by atoms with Gasteiger partial charge in [-0.25, -0.2) is 0 Å². The first kappa shape index (κ1) is 36.6. The summed E-state index contributed by atoms with van der Waals surface area (Å²) in [6.45, 7) is 9.19. The monoisotopic (exact) mass is 854 g/mol. The molecule has 0 bridgehead atoms. The molecular weight excluding hydrogens is 802 g/mol. The summed E-state index contributed by atoms with van der Waals surface area (Å²) in [4.78, 5) is 0. The zero-order valence-corrected chi connectivity index (χ0v) is 35.0. The van der Waals surface area contributed by atoms with Crippen LogP contribution in [-0.2, 0) is 20.0 Å². The molecule has 0 spiro atoms. The number of unbranched alkanes of at least 4 members (excludes halogenated alkanes) is 2. The van der Waals surface area contributed by atoms with Crippen molar-refractivity contribution in [2.24, 2.45) is 0 Å². The summed E-state index contributed by atoms with van der Waals surface area (Å²) in [5, 5.41) is 0. The maximum Gasteiger partial charge on any atom is -1.00 e. The Kier molecular flexibility index (Phi) is 11.3. The first-order chi connectivity index (χ1) is 23.1. The third-order valence-electron chi connectivity index (χ3n) is 12.6. The van der Waals surface area contributed by atoms with Gasteiger partial charge in [-0.15, -0.1) is 0 Å². The fraction of sp³-hybridized carbons (Fsp3) is 0.391. The number of hydrogen-bond donors (Lipinski definition) is 0. The topological polar surface area (TPSA) is 0 Å². The summed E-state index contributed by atoms with van der Waals surface area (Å²) in [5.74, 6) is 0. The molecule has 1 aliphatic heterocycles. The van der Waals surface area contributed by atoms with E-state index in [-0.39, 0.29) is 24.8 Å². The minimum absolute atomic E-state index is 0. The predicted molar refractivity (Wildman–Crippen MR) is 200 cm³/mol. The van der Waals surface area contributed by atoms with Crippen molar-refractivity contribution in [2.45, 2.75) is 107 Å². The van der Waals surface area contributed by atoms with E-state index in [0.29, 0.717) is 0 Å². The zero-order chi connectivity index (χ0) is 32.1. The van der Waals surface area contributed by atoms with Crippen LogP contribution >= 0.6 is 0 Å². The molecule has 4 unspecified atom stereocenters. The molecule has 3 heteroatoms. The van der Waals surface area contributed by atoms with E-state index in [1.54, 1.807) is 22.3 Å². The van der Waals surface area contributed by atoms with Gasteiger partial charge in [-0.05, 0) is 0 Å². The Balaban J connectivity index is 0.00000208. The molecule has 4 atom stereocenters. The van der Waals surface area contributed by atoms with Crippen LogP contribution in [0.25, 0.3) is 34.4 Å². The number of hydrogen-bond acceptors (Lipinski definition) is 0. The molecule has 4 aliphatic rings. The summed E-state index contributed by atoms with van der Waals surface area (Å²) in [7, 11) is 0. The first-order valence-corrected chi connectivity index (χ1v) is 27.2. The van der Waals surface area contributed by atoms with Crippen molar-refractivity contribution >= 4 is 12.2 Å². The van der Waals surface area contributed by atoms with Gasteiger partial charge in [0.05, 0.1) is 0 Å². The van der Waals surface area contributed by atoms with E-state index in [2.05, 4.69) is 125 Å². The van der Waals surface area contributed by atoms with Crippen LogP contribution < -0.4 is 24.8 Å². The van der Waals surface area contributed by atoms with Gasteiger partial charge in [0.2, 0.25) is 0 Å². The van der Waals surface area contributed by atoms with Crippen molar-refractivity contribution in [1.82, 2.24) is 0 Å². The largest absolute Gasteiger partial charge is 1.00 e. The number of allylic oxidation sites excluding steroid dienone is 2. The van der Waals surface area contributed by atoms with E-state index in [9.17, 15) is 0 Å². The molecule has 4 aromatic carbocycles. The zero-order valence-electron chi connectivity index (χ0n) is 29.9. The van der Waals surface area contributed by atoms with Gasteiger partial charge in [0.25, 0.3) is 0 Å². The van der Waals surface area contributed by atoms with Crippen LogP contribution in [-0.4, -0.2) is 0 Å². The van der Waals surface area contributed by atoms with Gasteiger partial charge >= 0.3 is 290 Å². The molecule has 254 valence electrons. The number of fused-ring (bicyclic) bond motifs is 3. The van der Waals surface area contributed by atoms with Gasteiger partial charge in [-0.2, -0.15) is 0 Å². The fourth-order valence-electron chi connectivity index (χ4n) is 10.5. The van der Waals surface area contributed by atoms with E-state index in [1.807, 2.05) is 11.1 Å². The molecule has 1 saturated carbocycles. The second-order valence-corrected chi connectivity index (χ2v) is 32.0. The Labute approximate surface area is 313 Å². The molecule has 3 aliphatic carbocycles. The summed E-state index contributed by atoms with van der Waals surface area (Å²) in [5.41, 5.74) is 18.6. The number of halogens is 2.